The Balaban J connectivity index is 2.29. The SMILES string of the molecule is CCN1N=C(C)/C(=C/C2C(=O)N(CC)N=C2C)C1=O. The molecule has 2 aliphatic heterocycles. The summed E-state index contributed by atoms with van der Waals surface area (Å²) in [6, 6.07) is 0. The van der Waals surface area contributed by atoms with Gasteiger partial charge in [-0.1, -0.05) is 6.08 Å². The highest BCUT2D eigenvalue weighted by Gasteiger charge is 2.34. The molecule has 0 bridgehead atoms. The molecule has 0 spiro atoms. The zero-order chi connectivity index (χ0) is 14.2. The lowest BCUT2D eigenvalue weighted by atomic mass is 9.99. The quantitative estimate of drug-likeness (QED) is 0.712. The highest BCUT2D eigenvalue weighted by atomic mass is 16.2. The average Bonchev–Trinajstić information content (AvgIpc) is 2.82. The molecule has 19 heavy (non-hydrogen) atoms. The molecule has 6 nitrogen and oxygen atoms in total. The van der Waals surface area contributed by atoms with Crippen LogP contribution in [0.2, 0.25) is 0 Å². The molecular weight excluding hydrogens is 244 g/mol. The lowest BCUT2D eigenvalue weighted by molar-refractivity contribution is -0.130. The Hall–Kier alpha value is -1.98. The van der Waals surface area contributed by atoms with Crippen LogP contribution in [0.1, 0.15) is 27.7 Å². The van der Waals surface area contributed by atoms with Gasteiger partial charge in [0.25, 0.3) is 11.8 Å². The summed E-state index contributed by atoms with van der Waals surface area (Å²) >= 11 is 0. The number of rotatable bonds is 3. The van der Waals surface area contributed by atoms with Crippen molar-refractivity contribution in [3.8, 4) is 0 Å². The number of carbonyl (C=O) groups excluding carboxylic acids is 2. The van der Waals surface area contributed by atoms with Crippen molar-refractivity contribution in [2.75, 3.05) is 13.1 Å². The van der Waals surface area contributed by atoms with E-state index in [4.69, 9.17) is 0 Å². The third kappa shape index (κ3) is 2.18. The van der Waals surface area contributed by atoms with Gasteiger partial charge in [-0.2, -0.15) is 10.2 Å². The van der Waals surface area contributed by atoms with Crippen molar-refractivity contribution >= 4 is 23.2 Å². The molecule has 0 radical (unpaired) electrons. The minimum absolute atomic E-state index is 0.0805. The zero-order valence-electron chi connectivity index (χ0n) is 11.7. The van der Waals surface area contributed by atoms with Crippen molar-refractivity contribution in [1.29, 1.82) is 0 Å². The Kier molecular flexibility index (Phi) is 3.50. The van der Waals surface area contributed by atoms with Crippen LogP contribution in [-0.2, 0) is 9.59 Å². The summed E-state index contributed by atoms with van der Waals surface area (Å²) < 4.78 is 0. The Morgan fingerprint density at radius 1 is 1.11 bits per heavy atom. The number of hydrogen-bond donors (Lipinski definition) is 0. The molecule has 0 saturated heterocycles. The largest absolute Gasteiger partial charge is 0.275 e. The number of nitrogens with zero attached hydrogens (tertiary/aromatic N) is 4. The predicted molar refractivity (Wildman–Crippen MR) is 72.6 cm³/mol. The molecule has 6 heteroatoms. The van der Waals surface area contributed by atoms with E-state index >= 15 is 0 Å². The molecule has 0 aromatic rings. The molecule has 0 aliphatic carbocycles. The standard InChI is InChI=1S/C13H18N4O2/c1-5-16-12(18)10(8(3)14-16)7-11-9(4)15-17(6-2)13(11)19/h7,10H,5-6H2,1-4H3/b11-7-. The van der Waals surface area contributed by atoms with E-state index in [1.165, 1.54) is 10.0 Å². The van der Waals surface area contributed by atoms with Crippen molar-refractivity contribution in [2.45, 2.75) is 27.7 Å². The van der Waals surface area contributed by atoms with E-state index in [9.17, 15) is 9.59 Å². The summed E-state index contributed by atoms with van der Waals surface area (Å²) in [6.45, 7) is 8.39. The van der Waals surface area contributed by atoms with Crippen LogP contribution in [0.25, 0.3) is 0 Å². The smallest absolute Gasteiger partial charge is 0.272 e. The molecule has 1 atom stereocenters. The van der Waals surface area contributed by atoms with Crippen molar-refractivity contribution in [2.24, 2.45) is 16.1 Å². The molecule has 0 aromatic carbocycles. The van der Waals surface area contributed by atoms with Gasteiger partial charge in [-0.15, -0.1) is 0 Å². The van der Waals surface area contributed by atoms with Crippen molar-refractivity contribution in [1.82, 2.24) is 10.0 Å². The summed E-state index contributed by atoms with van der Waals surface area (Å²) in [4.78, 5) is 24.2. The van der Waals surface area contributed by atoms with E-state index in [1.807, 2.05) is 13.8 Å². The molecular formula is C13H18N4O2. The van der Waals surface area contributed by atoms with E-state index in [-0.39, 0.29) is 11.8 Å². The third-order valence-electron chi connectivity index (χ3n) is 3.31. The number of hydrazone groups is 2. The molecule has 2 rings (SSSR count). The van der Waals surface area contributed by atoms with E-state index in [1.54, 1.807) is 19.9 Å². The molecule has 0 N–H and O–H groups in total. The van der Waals surface area contributed by atoms with Crippen molar-refractivity contribution in [3.05, 3.63) is 11.6 Å². The minimum Gasteiger partial charge on any atom is -0.272 e. The molecule has 0 fully saturated rings. The van der Waals surface area contributed by atoms with Gasteiger partial charge in [0, 0.05) is 13.1 Å². The van der Waals surface area contributed by atoms with Crippen LogP contribution in [0, 0.1) is 5.92 Å². The molecule has 102 valence electrons. The maximum Gasteiger partial charge on any atom is 0.275 e. The summed E-state index contributed by atoms with van der Waals surface area (Å²) in [5.41, 5.74) is 1.88. The highest BCUT2D eigenvalue weighted by molar-refractivity contribution is 6.25. The highest BCUT2D eigenvalue weighted by Crippen LogP contribution is 2.22. The third-order valence-corrected chi connectivity index (χ3v) is 3.31. The van der Waals surface area contributed by atoms with E-state index in [0.717, 1.165) is 5.71 Å². The minimum atomic E-state index is -0.444. The fourth-order valence-corrected chi connectivity index (χ4v) is 2.21. The second-order valence-corrected chi connectivity index (χ2v) is 4.56. The van der Waals surface area contributed by atoms with Crippen molar-refractivity contribution < 1.29 is 9.59 Å². The Labute approximate surface area is 112 Å². The van der Waals surface area contributed by atoms with E-state index < -0.39 is 5.92 Å². The maximum atomic E-state index is 12.1. The molecule has 0 aromatic heterocycles. The molecule has 2 aliphatic rings. The monoisotopic (exact) mass is 262 g/mol. The molecule has 1 unspecified atom stereocenters. The van der Waals surface area contributed by atoms with Gasteiger partial charge in [0.2, 0.25) is 0 Å². The van der Waals surface area contributed by atoms with E-state index in [2.05, 4.69) is 10.2 Å². The normalized spacial score (nSPS) is 25.5. The van der Waals surface area contributed by atoms with Gasteiger partial charge < -0.3 is 0 Å². The summed E-state index contributed by atoms with van der Waals surface area (Å²) in [5, 5.41) is 11.2. The first-order valence-electron chi connectivity index (χ1n) is 6.45. The first-order valence-corrected chi connectivity index (χ1v) is 6.45. The topological polar surface area (TPSA) is 65.3 Å². The number of hydrogen-bond acceptors (Lipinski definition) is 4. The van der Waals surface area contributed by atoms with Crippen LogP contribution >= 0.6 is 0 Å². The lowest BCUT2D eigenvalue weighted by Gasteiger charge is -2.10. The van der Waals surface area contributed by atoms with Crippen LogP contribution in [0.3, 0.4) is 0 Å². The van der Waals surface area contributed by atoms with E-state index in [0.29, 0.717) is 24.4 Å². The van der Waals surface area contributed by atoms with Gasteiger partial charge >= 0.3 is 0 Å². The van der Waals surface area contributed by atoms with Crippen molar-refractivity contribution in [3.63, 3.8) is 0 Å². The van der Waals surface area contributed by atoms with Crippen LogP contribution in [-0.4, -0.2) is 46.3 Å². The second kappa shape index (κ2) is 4.95. The van der Waals surface area contributed by atoms with Crippen LogP contribution < -0.4 is 0 Å². The Bertz CT molecular complexity index is 519. The van der Waals surface area contributed by atoms with Gasteiger partial charge in [0.15, 0.2) is 0 Å². The summed E-state index contributed by atoms with van der Waals surface area (Å²) in [6.07, 6.45) is 1.69. The van der Waals surface area contributed by atoms with Gasteiger partial charge in [-0.3, -0.25) is 9.59 Å². The fourth-order valence-electron chi connectivity index (χ4n) is 2.21. The Morgan fingerprint density at radius 2 is 1.74 bits per heavy atom. The first-order chi connectivity index (χ1) is 8.99. The lowest BCUT2D eigenvalue weighted by Crippen LogP contribution is -2.27. The Morgan fingerprint density at radius 3 is 2.21 bits per heavy atom. The maximum absolute atomic E-state index is 12.1. The fraction of sp³-hybridized carbons (Fsp3) is 0.538. The number of likely N-dealkylation sites (N-methyl/N-ethyl adjacent to an activating group) is 1. The van der Waals surface area contributed by atoms with Gasteiger partial charge in [-0.05, 0) is 27.7 Å². The van der Waals surface area contributed by atoms with Crippen LogP contribution in [0.15, 0.2) is 21.9 Å². The van der Waals surface area contributed by atoms with Gasteiger partial charge in [0.1, 0.15) is 0 Å². The number of amides is 2. The number of carbonyl (C=O) groups is 2. The first kappa shape index (κ1) is 13.5. The van der Waals surface area contributed by atoms with Crippen LogP contribution in [0.4, 0.5) is 0 Å². The van der Waals surface area contributed by atoms with Gasteiger partial charge in [0.05, 0.1) is 22.9 Å². The summed E-state index contributed by atoms with van der Waals surface area (Å²) in [5.74, 6) is -0.667. The molecule has 2 amide bonds. The second-order valence-electron chi connectivity index (χ2n) is 4.56. The average molecular weight is 262 g/mol. The zero-order valence-corrected chi connectivity index (χ0v) is 11.7. The molecule has 0 saturated carbocycles. The molecule has 2 heterocycles. The van der Waals surface area contributed by atoms with Gasteiger partial charge in [-0.25, -0.2) is 10.0 Å². The van der Waals surface area contributed by atoms with Crippen LogP contribution in [0.5, 0.6) is 0 Å². The summed E-state index contributed by atoms with van der Waals surface area (Å²) in [7, 11) is 0. The predicted octanol–water partition coefficient (Wildman–Crippen LogP) is 1.00.